The van der Waals surface area contributed by atoms with Crippen LogP contribution in [0.3, 0.4) is 0 Å². The molecule has 1 rings (SSSR count). The van der Waals surface area contributed by atoms with Gasteiger partial charge in [0.2, 0.25) is 5.91 Å². The molecule has 2 nitrogen and oxygen atoms in total. The summed E-state index contributed by atoms with van der Waals surface area (Å²) in [6.45, 7) is 12.7. The van der Waals surface area contributed by atoms with E-state index in [-0.39, 0.29) is 5.91 Å². The molecule has 2 heteroatoms. The van der Waals surface area contributed by atoms with Crippen LogP contribution in [0.25, 0.3) is 0 Å². The molecule has 1 aliphatic rings. The molecule has 13 heavy (non-hydrogen) atoms. The Morgan fingerprint density at radius 3 is 2.15 bits per heavy atom. The molecule has 0 aromatic heterocycles. The minimum atomic E-state index is 0.220. The van der Waals surface area contributed by atoms with Crippen LogP contribution in [0.2, 0.25) is 0 Å². The van der Waals surface area contributed by atoms with Crippen LogP contribution in [-0.4, -0.2) is 23.9 Å². The zero-order chi connectivity index (χ0) is 10.2. The van der Waals surface area contributed by atoms with E-state index in [9.17, 15) is 4.79 Å². The summed E-state index contributed by atoms with van der Waals surface area (Å²) < 4.78 is 0. The Morgan fingerprint density at radius 1 is 1.38 bits per heavy atom. The van der Waals surface area contributed by atoms with Crippen molar-refractivity contribution in [2.24, 2.45) is 17.3 Å². The Balaban J connectivity index is 2.39. The Labute approximate surface area is 81.3 Å². The summed E-state index contributed by atoms with van der Waals surface area (Å²) in [7, 11) is 0. The number of hydrogen-bond acceptors (Lipinski definition) is 1. The number of carbonyl (C=O) groups excluding carboxylic acids is 1. The number of amides is 1. The first-order valence-electron chi connectivity index (χ1n) is 5.08. The van der Waals surface area contributed by atoms with Crippen LogP contribution in [-0.2, 0) is 4.79 Å². The van der Waals surface area contributed by atoms with Crippen molar-refractivity contribution in [3.05, 3.63) is 0 Å². The number of likely N-dealkylation sites (tertiary alicyclic amines) is 1. The Morgan fingerprint density at radius 2 is 1.85 bits per heavy atom. The summed E-state index contributed by atoms with van der Waals surface area (Å²) in [5, 5.41) is 0. The molecule has 0 bridgehead atoms. The van der Waals surface area contributed by atoms with Crippen LogP contribution in [0.1, 0.15) is 34.6 Å². The molecule has 1 fully saturated rings. The van der Waals surface area contributed by atoms with Crippen molar-refractivity contribution in [3.63, 3.8) is 0 Å². The third-order valence-electron chi connectivity index (χ3n) is 3.43. The highest BCUT2D eigenvalue weighted by molar-refractivity contribution is 5.74. The van der Waals surface area contributed by atoms with Gasteiger partial charge in [0.05, 0.1) is 0 Å². The van der Waals surface area contributed by atoms with Gasteiger partial charge in [0.1, 0.15) is 0 Å². The van der Waals surface area contributed by atoms with Crippen LogP contribution in [0, 0.1) is 17.3 Å². The van der Waals surface area contributed by atoms with Gasteiger partial charge in [-0.05, 0) is 17.3 Å². The molecule has 1 heterocycles. The maximum atomic E-state index is 11.0. The quantitative estimate of drug-likeness (QED) is 0.610. The first kappa shape index (κ1) is 10.6. The lowest BCUT2D eigenvalue weighted by Crippen LogP contribution is -2.53. The second-order valence-corrected chi connectivity index (χ2v) is 5.34. The maximum absolute atomic E-state index is 11.0. The van der Waals surface area contributed by atoms with Crippen molar-refractivity contribution in [1.82, 2.24) is 4.90 Å². The minimum Gasteiger partial charge on any atom is -0.342 e. The molecule has 76 valence electrons. The molecular formula is C11H21NO. The number of nitrogens with zero attached hydrogens (tertiary/aromatic N) is 1. The molecule has 1 aliphatic heterocycles. The topological polar surface area (TPSA) is 20.3 Å². The van der Waals surface area contributed by atoms with E-state index in [0.29, 0.717) is 17.3 Å². The molecule has 0 saturated carbocycles. The van der Waals surface area contributed by atoms with Gasteiger partial charge in [-0.15, -0.1) is 0 Å². The number of carbonyl (C=O) groups is 1. The normalized spacial score (nSPS) is 21.2. The molecule has 0 aliphatic carbocycles. The summed E-state index contributed by atoms with van der Waals surface area (Å²) in [4.78, 5) is 12.9. The molecule has 0 N–H and O–H groups in total. The SMILES string of the molecule is CC(=O)N1CC([C@@H](C)C(C)(C)C)C1. The Bertz CT molecular complexity index is 199. The van der Waals surface area contributed by atoms with Gasteiger partial charge in [-0.25, -0.2) is 0 Å². The molecule has 1 saturated heterocycles. The van der Waals surface area contributed by atoms with E-state index in [4.69, 9.17) is 0 Å². The number of rotatable bonds is 1. The lowest BCUT2D eigenvalue weighted by molar-refractivity contribution is -0.137. The van der Waals surface area contributed by atoms with E-state index >= 15 is 0 Å². The van der Waals surface area contributed by atoms with Crippen molar-refractivity contribution in [2.75, 3.05) is 13.1 Å². The molecule has 1 atom stereocenters. The fourth-order valence-corrected chi connectivity index (χ4v) is 1.79. The van der Waals surface area contributed by atoms with Crippen LogP contribution < -0.4 is 0 Å². The first-order chi connectivity index (χ1) is 5.82. The third-order valence-corrected chi connectivity index (χ3v) is 3.43. The van der Waals surface area contributed by atoms with Crippen molar-refractivity contribution in [2.45, 2.75) is 34.6 Å². The van der Waals surface area contributed by atoms with Gasteiger partial charge in [-0.1, -0.05) is 27.7 Å². The van der Waals surface area contributed by atoms with Gasteiger partial charge in [-0.2, -0.15) is 0 Å². The summed E-state index contributed by atoms with van der Waals surface area (Å²) in [6, 6.07) is 0. The smallest absolute Gasteiger partial charge is 0.219 e. The van der Waals surface area contributed by atoms with E-state index in [1.165, 1.54) is 0 Å². The second-order valence-electron chi connectivity index (χ2n) is 5.34. The molecular weight excluding hydrogens is 162 g/mol. The van der Waals surface area contributed by atoms with Crippen molar-refractivity contribution < 1.29 is 4.79 Å². The lowest BCUT2D eigenvalue weighted by Gasteiger charge is -2.46. The number of hydrogen-bond donors (Lipinski definition) is 0. The van der Waals surface area contributed by atoms with Crippen LogP contribution in [0.4, 0.5) is 0 Å². The zero-order valence-electron chi connectivity index (χ0n) is 9.42. The van der Waals surface area contributed by atoms with E-state index in [0.717, 1.165) is 13.1 Å². The standard InChI is InChI=1S/C11H21NO/c1-8(11(3,4)5)10-6-12(7-10)9(2)13/h8,10H,6-7H2,1-5H3/t8-/m1/s1. The van der Waals surface area contributed by atoms with Crippen LogP contribution in [0.5, 0.6) is 0 Å². The predicted octanol–water partition coefficient (Wildman–Crippen LogP) is 2.15. The Hall–Kier alpha value is -0.530. The monoisotopic (exact) mass is 183 g/mol. The fourth-order valence-electron chi connectivity index (χ4n) is 1.79. The van der Waals surface area contributed by atoms with Crippen molar-refractivity contribution >= 4 is 5.91 Å². The molecule has 0 unspecified atom stereocenters. The van der Waals surface area contributed by atoms with E-state index < -0.39 is 0 Å². The molecule has 1 amide bonds. The average molecular weight is 183 g/mol. The minimum absolute atomic E-state index is 0.220. The van der Waals surface area contributed by atoms with E-state index in [1.807, 2.05) is 4.90 Å². The fraction of sp³-hybridized carbons (Fsp3) is 0.909. The van der Waals surface area contributed by atoms with Crippen LogP contribution >= 0.6 is 0 Å². The van der Waals surface area contributed by atoms with Gasteiger partial charge >= 0.3 is 0 Å². The highest BCUT2D eigenvalue weighted by Crippen LogP contribution is 2.36. The van der Waals surface area contributed by atoms with E-state index in [2.05, 4.69) is 27.7 Å². The maximum Gasteiger partial charge on any atom is 0.219 e. The first-order valence-corrected chi connectivity index (χ1v) is 5.08. The van der Waals surface area contributed by atoms with Gasteiger partial charge < -0.3 is 4.90 Å². The van der Waals surface area contributed by atoms with Gasteiger partial charge in [0.15, 0.2) is 0 Å². The van der Waals surface area contributed by atoms with Gasteiger partial charge in [-0.3, -0.25) is 4.79 Å². The third kappa shape index (κ3) is 2.23. The summed E-state index contributed by atoms with van der Waals surface area (Å²) in [5.41, 5.74) is 0.369. The molecule has 0 aromatic rings. The predicted molar refractivity (Wildman–Crippen MR) is 54.4 cm³/mol. The molecule has 0 aromatic carbocycles. The van der Waals surface area contributed by atoms with Crippen molar-refractivity contribution in [1.29, 1.82) is 0 Å². The zero-order valence-corrected chi connectivity index (χ0v) is 9.42. The molecule has 0 spiro atoms. The Kier molecular flexibility index (Phi) is 2.69. The van der Waals surface area contributed by atoms with E-state index in [1.54, 1.807) is 6.92 Å². The van der Waals surface area contributed by atoms with Crippen LogP contribution in [0.15, 0.2) is 0 Å². The highest BCUT2D eigenvalue weighted by atomic mass is 16.2. The highest BCUT2D eigenvalue weighted by Gasteiger charge is 2.37. The largest absolute Gasteiger partial charge is 0.342 e. The second kappa shape index (κ2) is 3.32. The summed E-state index contributed by atoms with van der Waals surface area (Å²) in [5.74, 6) is 1.63. The summed E-state index contributed by atoms with van der Waals surface area (Å²) >= 11 is 0. The molecule has 0 radical (unpaired) electrons. The average Bonchev–Trinajstić information content (AvgIpc) is 1.80. The van der Waals surface area contributed by atoms with Crippen molar-refractivity contribution in [3.8, 4) is 0 Å². The summed E-state index contributed by atoms with van der Waals surface area (Å²) in [6.07, 6.45) is 0. The van der Waals surface area contributed by atoms with Gasteiger partial charge in [0.25, 0.3) is 0 Å². The van der Waals surface area contributed by atoms with Gasteiger partial charge in [0, 0.05) is 20.0 Å². The lowest BCUT2D eigenvalue weighted by atomic mass is 9.71.